The number of piperazine rings is 1. The molecule has 3 heteroatoms. The van der Waals surface area contributed by atoms with E-state index in [2.05, 4.69) is 5.32 Å². The van der Waals surface area contributed by atoms with Crippen LogP contribution in [-0.2, 0) is 0 Å². The van der Waals surface area contributed by atoms with E-state index in [0.29, 0.717) is 0 Å². The molecular formula is C12H19N2O+. The highest BCUT2D eigenvalue weighted by Crippen LogP contribution is 2.06. The molecule has 2 N–H and O–H groups in total. The highest BCUT2D eigenvalue weighted by molar-refractivity contribution is 5.20. The van der Waals surface area contributed by atoms with Crippen LogP contribution in [0.5, 0.6) is 5.75 Å². The molecule has 2 rings (SSSR count). The Hall–Kier alpha value is -1.06. The van der Waals surface area contributed by atoms with Gasteiger partial charge in [-0.3, -0.25) is 0 Å². The Labute approximate surface area is 91.0 Å². The van der Waals surface area contributed by atoms with Crippen molar-refractivity contribution in [3.05, 3.63) is 30.3 Å². The molecule has 0 saturated carbocycles. The smallest absolute Gasteiger partial charge is 0.137 e. The fraction of sp³-hybridized carbons (Fsp3) is 0.500. The van der Waals surface area contributed by atoms with E-state index in [1.54, 1.807) is 4.90 Å². The first-order valence-electron chi connectivity index (χ1n) is 5.67. The summed E-state index contributed by atoms with van der Waals surface area (Å²) in [5.41, 5.74) is 0. The predicted octanol–water partition coefficient (Wildman–Crippen LogP) is -0.446. The molecule has 1 fully saturated rings. The van der Waals surface area contributed by atoms with E-state index in [0.717, 1.165) is 32.0 Å². The van der Waals surface area contributed by atoms with Gasteiger partial charge in [0.1, 0.15) is 18.9 Å². The first-order valence-corrected chi connectivity index (χ1v) is 5.67. The van der Waals surface area contributed by atoms with Crippen molar-refractivity contribution in [2.45, 2.75) is 0 Å². The highest BCUT2D eigenvalue weighted by atomic mass is 16.5. The van der Waals surface area contributed by atoms with E-state index in [1.807, 2.05) is 30.3 Å². The molecule has 1 aliphatic heterocycles. The van der Waals surface area contributed by atoms with Crippen molar-refractivity contribution in [2.75, 3.05) is 39.3 Å². The van der Waals surface area contributed by atoms with Crippen LogP contribution in [0, 0.1) is 0 Å². The van der Waals surface area contributed by atoms with Crippen LogP contribution in [0.4, 0.5) is 0 Å². The quantitative estimate of drug-likeness (QED) is 0.699. The average Bonchev–Trinajstić information content (AvgIpc) is 2.32. The lowest BCUT2D eigenvalue weighted by Gasteiger charge is -2.24. The van der Waals surface area contributed by atoms with Crippen molar-refractivity contribution in [3.8, 4) is 5.75 Å². The van der Waals surface area contributed by atoms with Gasteiger partial charge in [-0.2, -0.15) is 0 Å². The summed E-state index contributed by atoms with van der Waals surface area (Å²) in [6.45, 7) is 6.65. The van der Waals surface area contributed by atoms with Gasteiger partial charge in [0.05, 0.1) is 13.1 Å². The van der Waals surface area contributed by atoms with Crippen molar-refractivity contribution in [1.29, 1.82) is 0 Å². The minimum atomic E-state index is 0.819. The van der Waals surface area contributed by atoms with Gasteiger partial charge in [-0.25, -0.2) is 0 Å². The van der Waals surface area contributed by atoms with Gasteiger partial charge >= 0.3 is 0 Å². The Kier molecular flexibility index (Phi) is 4.00. The second-order valence-electron chi connectivity index (χ2n) is 3.91. The number of rotatable bonds is 4. The molecule has 0 aliphatic carbocycles. The van der Waals surface area contributed by atoms with Crippen LogP contribution in [0.3, 0.4) is 0 Å². The zero-order valence-corrected chi connectivity index (χ0v) is 9.04. The molecule has 15 heavy (non-hydrogen) atoms. The summed E-state index contributed by atoms with van der Waals surface area (Å²) in [6, 6.07) is 10.0. The van der Waals surface area contributed by atoms with Gasteiger partial charge in [-0.1, -0.05) is 18.2 Å². The van der Waals surface area contributed by atoms with Gasteiger partial charge in [0.2, 0.25) is 0 Å². The molecule has 0 bridgehead atoms. The maximum atomic E-state index is 5.67. The topological polar surface area (TPSA) is 25.7 Å². The van der Waals surface area contributed by atoms with Crippen molar-refractivity contribution in [2.24, 2.45) is 0 Å². The first kappa shape index (κ1) is 10.5. The molecule has 0 unspecified atom stereocenters. The van der Waals surface area contributed by atoms with Crippen molar-refractivity contribution >= 4 is 0 Å². The third-order valence-corrected chi connectivity index (χ3v) is 2.78. The summed E-state index contributed by atoms with van der Waals surface area (Å²) in [4.78, 5) is 1.64. The monoisotopic (exact) mass is 207 g/mol. The lowest BCUT2D eigenvalue weighted by Crippen LogP contribution is -3.15. The van der Waals surface area contributed by atoms with Crippen LogP contribution in [0.15, 0.2) is 30.3 Å². The fourth-order valence-electron chi connectivity index (χ4n) is 1.86. The van der Waals surface area contributed by atoms with Crippen LogP contribution >= 0.6 is 0 Å². The summed E-state index contributed by atoms with van der Waals surface area (Å²) in [7, 11) is 0. The molecule has 1 aromatic rings. The number of quaternary nitrogens is 1. The summed E-state index contributed by atoms with van der Waals surface area (Å²) in [6.07, 6.45) is 0. The highest BCUT2D eigenvalue weighted by Gasteiger charge is 2.11. The van der Waals surface area contributed by atoms with E-state index in [1.165, 1.54) is 13.1 Å². The molecule has 1 saturated heterocycles. The average molecular weight is 207 g/mol. The minimum Gasteiger partial charge on any atom is -0.488 e. The van der Waals surface area contributed by atoms with Crippen LogP contribution < -0.4 is 15.0 Å². The third kappa shape index (κ3) is 3.53. The lowest BCUT2D eigenvalue weighted by molar-refractivity contribution is -0.901. The van der Waals surface area contributed by atoms with Gasteiger partial charge in [-0.05, 0) is 12.1 Å². The van der Waals surface area contributed by atoms with Gasteiger partial charge in [0, 0.05) is 13.1 Å². The lowest BCUT2D eigenvalue weighted by atomic mass is 10.3. The van der Waals surface area contributed by atoms with Gasteiger partial charge < -0.3 is 15.0 Å². The van der Waals surface area contributed by atoms with Crippen LogP contribution in [0.2, 0.25) is 0 Å². The van der Waals surface area contributed by atoms with Crippen molar-refractivity contribution in [1.82, 2.24) is 5.32 Å². The minimum absolute atomic E-state index is 0.819. The summed E-state index contributed by atoms with van der Waals surface area (Å²) >= 11 is 0. The Bertz CT molecular complexity index is 270. The van der Waals surface area contributed by atoms with Gasteiger partial charge in [0.15, 0.2) is 0 Å². The van der Waals surface area contributed by atoms with E-state index >= 15 is 0 Å². The molecule has 1 heterocycles. The Balaban J connectivity index is 1.66. The predicted molar refractivity (Wildman–Crippen MR) is 60.4 cm³/mol. The largest absolute Gasteiger partial charge is 0.488 e. The molecule has 0 amide bonds. The first-order chi connectivity index (χ1) is 7.45. The fourth-order valence-corrected chi connectivity index (χ4v) is 1.86. The molecular weight excluding hydrogens is 188 g/mol. The van der Waals surface area contributed by atoms with Crippen LogP contribution in [0.1, 0.15) is 0 Å². The zero-order chi connectivity index (χ0) is 10.3. The van der Waals surface area contributed by atoms with Crippen molar-refractivity contribution in [3.63, 3.8) is 0 Å². The zero-order valence-electron chi connectivity index (χ0n) is 9.04. The molecule has 1 aliphatic rings. The van der Waals surface area contributed by atoms with Gasteiger partial charge in [0.25, 0.3) is 0 Å². The van der Waals surface area contributed by atoms with E-state index in [4.69, 9.17) is 4.74 Å². The maximum Gasteiger partial charge on any atom is 0.137 e. The number of nitrogens with one attached hydrogen (secondary N) is 2. The van der Waals surface area contributed by atoms with Crippen molar-refractivity contribution < 1.29 is 9.64 Å². The Morgan fingerprint density at radius 1 is 1.13 bits per heavy atom. The van der Waals surface area contributed by atoms with E-state index in [-0.39, 0.29) is 0 Å². The van der Waals surface area contributed by atoms with E-state index in [9.17, 15) is 0 Å². The number of benzene rings is 1. The second kappa shape index (κ2) is 5.73. The summed E-state index contributed by atoms with van der Waals surface area (Å²) in [5, 5.41) is 3.36. The number of para-hydroxylation sites is 1. The maximum absolute atomic E-state index is 5.67. The standard InChI is InChI=1S/C12H18N2O/c1-2-4-12(5-3-1)15-11-10-14-8-6-13-7-9-14/h1-5,13H,6-11H2/p+1. The normalized spacial score (nSPS) is 17.6. The van der Waals surface area contributed by atoms with E-state index < -0.39 is 0 Å². The number of ether oxygens (including phenoxy) is 1. The summed E-state index contributed by atoms with van der Waals surface area (Å²) < 4.78 is 5.67. The number of hydrogen-bond donors (Lipinski definition) is 2. The Morgan fingerprint density at radius 2 is 1.87 bits per heavy atom. The molecule has 0 atom stereocenters. The molecule has 0 radical (unpaired) electrons. The molecule has 0 aromatic heterocycles. The molecule has 0 spiro atoms. The van der Waals surface area contributed by atoms with Crippen LogP contribution in [0.25, 0.3) is 0 Å². The number of hydrogen-bond acceptors (Lipinski definition) is 2. The van der Waals surface area contributed by atoms with Gasteiger partial charge in [-0.15, -0.1) is 0 Å². The molecule has 3 nitrogen and oxygen atoms in total. The molecule has 82 valence electrons. The Morgan fingerprint density at radius 3 is 2.60 bits per heavy atom. The SMILES string of the molecule is c1ccc(OCC[NH+]2CCNCC2)cc1. The van der Waals surface area contributed by atoms with Crippen LogP contribution in [-0.4, -0.2) is 39.3 Å². The molecule has 1 aromatic carbocycles. The third-order valence-electron chi connectivity index (χ3n) is 2.78. The summed E-state index contributed by atoms with van der Waals surface area (Å²) in [5.74, 6) is 0.979. The second-order valence-corrected chi connectivity index (χ2v) is 3.91.